The summed E-state index contributed by atoms with van der Waals surface area (Å²) in [6.45, 7) is 2.66. The van der Waals surface area contributed by atoms with Crippen LogP contribution in [0.4, 0.5) is 0 Å². The van der Waals surface area contributed by atoms with Crippen molar-refractivity contribution < 1.29 is 0 Å². The Bertz CT molecular complexity index is 756. The standard InChI is InChI=1S/C14H14Cl2N4/c1-9-13-14(19(2)18-9)20(12(7-15)17-13)8-10-3-5-11(16)6-4-10/h3-6H,7-8H2,1-2H3. The Kier molecular flexibility index (Phi) is 3.44. The minimum absolute atomic E-state index is 0.377. The number of aromatic nitrogens is 4. The summed E-state index contributed by atoms with van der Waals surface area (Å²) in [7, 11) is 1.92. The number of hydrogen-bond acceptors (Lipinski definition) is 2. The van der Waals surface area contributed by atoms with Gasteiger partial charge in [-0.3, -0.25) is 4.68 Å². The average molecular weight is 309 g/mol. The summed E-state index contributed by atoms with van der Waals surface area (Å²) in [6.07, 6.45) is 0. The predicted molar refractivity (Wildman–Crippen MR) is 81.3 cm³/mol. The Balaban J connectivity index is 2.11. The van der Waals surface area contributed by atoms with Gasteiger partial charge in [0, 0.05) is 12.1 Å². The molecule has 0 radical (unpaired) electrons. The molecule has 4 nitrogen and oxygen atoms in total. The molecule has 0 saturated carbocycles. The lowest BCUT2D eigenvalue weighted by atomic mass is 10.2. The molecule has 3 aromatic rings. The molecular formula is C14H14Cl2N4. The Hall–Kier alpha value is -1.52. The maximum Gasteiger partial charge on any atom is 0.159 e. The number of benzene rings is 1. The van der Waals surface area contributed by atoms with Crippen LogP contribution in [0.2, 0.25) is 5.02 Å². The third kappa shape index (κ3) is 2.19. The number of rotatable bonds is 3. The number of halogens is 2. The molecule has 0 spiro atoms. The number of imidazole rings is 1. The second kappa shape index (κ2) is 5.11. The van der Waals surface area contributed by atoms with Gasteiger partial charge in [0.1, 0.15) is 11.3 Å². The van der Waals surface area contributed by atoms with E-state index in [1.807, 2.05) is 42.9 Å². The molecule has 0 amide bonds. The molecule has 2 heterocycles. The highest BCUT2D eigenvalue weighted by molar-refractivity contribution is 6.30. The van der Waals surface area contributed by atoms with Gasteiger partial charge in [0.05, 0.1) is 18.1 Å². The fourth-order valence-corrected chi connectivity index (χ4v) is 2.75. The second-order valence-electron chi connectivity index (χ2n) is 4.76. The van der Waals surface area contributed by atoms with Crippen molar-refractivity contribution in [2.45, 2.75) is 19.3 Å². The van der Waals surface area contributed by atoms with Crippen LogP contribution >= 0.6 is 23.2 Å². The molecule has 6 heteroatoms. The predicted octanol–water partition coefficient (Wildman–Crippen LogP) is 3.52. The maximum atomic E-state index is 6.02. The van der Waals surface area contributed by atoms with E-state index in [-0.39, 0.29) is 0 Å². The average Bonchev–Trinajstić information content (AvgIpc) is 2.92. The van der Waals surface area contributed by atoms with E-state index < -0.39 is 0 Å². The molecule has 0 unspecified atom stereocenters. The topological polar surface area (TPSA) is 35.6 Å². The largest absolute Gasteiger partial charge is 0.307 e. The van der Waals surface area contributed by atoms with E-state index >= 15 is 0 Å². The molecule has 20 heavy (non-hydrogen) atoms. The van der Waals surface area contributed by atoms with E-state index in [0.29, 0.717) is 12.4 Å². The lowest BCUT2D eigenvalue weighted by Crippen LogP contribution is -2.07. The van der Waals surface area contributed by atoms with E-state index in [1.54, 1.807) is 0 Å². The molecule has 2 aromatic heterocycles. The first-order chi connectivity index (χ1) is 9.60. The molecule has 0 bridgehead atoms. The van der Waals surface area contributed by atoms with Crippen LogP contribution in [-0.4, -0.2) is 19.3 Å². The van der Waals surface area contributed by atoms with Gasteiger partial charge in [-0.2, -0.15) is 5.10 Å². The van der Waals surface area contributed by atoms with Crippen molar-refractivity contribution in [3.8, 4) is 0 Å². The summed E-state index contributed by atoms with van der Waals surface area (Å²) in [6, 6.07) is 7.80. The Morgan fingerprint density at radius 2 is 1.90 bits per heavy atom. The zero-order valence-electron chi connectivity index (χ0n) is 11.3. The minimum atomic E-state index is 0.377. The molecular weight excluding hydrogens is 295 g/mol. The van der Waals surface area contributed by atoms with Crippen LogP contribution in [0.5, 0.6) is 0 Å². The van der Waals surface area contributed by atoms with Crippen LogP contribution in [-0.2, 0) is 19.5 Å². The number of nitrogens with zero attached hydrogens (tertiary/aromatic N) is 4. The Morgan fingerprint density at radius 3 is 2.55 bits per heavy atom. The third-order valence-electron chi connectivity index (χ3n) is 3.34. The molecule has 104 valence electrons. The molecule has 0 N–H and O–H groups in total. The number of fused-ring (bicyclic) bond motifs is 1. The van der Waals surface area contributed by atoms with Gasteiger partial charge in [0.15, 0.2) is 5.65 Å². The molecule has 0 saturated heterocycles. The monoisotopic (exact) mass is 308 g/mol. The van der Waals surface area contributed by atoms with Crippen molar-refractivity contribution in [1.82, 2.24) is 19.3 Å². The van der Waals surface area contributed by atoms with Crippen LogP contribution in [0.15, 0.2) is 24.3 Å². The highest BCUT2D eigenvalue weighted by atomic mass is 35.5. The molecule has 1 aromatic carbocycles. The SMILES string of the molecule is Cc1nn(C)c2c1nc(CCl)n2Cc1ccc(Cl)cc1. The van der Waals surface area contributed by atoms with E-state index in [0.717, 1.165) is 33.3 Å². The summed E-state index contributed by atoms with van der Waals surface area (Å²) < 4.78 is 3.95. The molecule has 0 aliphatic heterocycles. The first-order valence-corrected chi connectivity index (χ1v) is 7.20. The van der Waals surface area contributed by atoms with E-state index in [9.17, 15) is 0 Å². The Morgan fingerprint density at radius 1 is 1.20 bits per heavy atom. The summed E-state index contributed by atoms with van der Waals surface area (Å²) in [5.41, 5.74) is 3.98. The van der Waals surface area contributed by atoms with Gasteiger partial charge in [-0.25, -0.2) is 4.98 Å². The van der Waals surface area contributed by atoms with E-state index in [2.05, 4.69) is 14.6 Å². The highest BCUT2D eigenvalue weighted by Gasteiger charge is 2.16. The van der Waals surface area contributed by atoms with Crippen LogP contribution < -0.4 is 0 Å². The van der Waals surface area contributed by atoms with Gasteiger partial charge in [-0.15, -0.1) is 11.6 Å². The van der Waals surface area contributed by atoms with Gasteiger partial charge in [0.25, 0.3) is 0 Å². The van der Waals surface area contributed by atoms with Crippen molar-refractivity contribution >= 4 is 34.4 Å². The molecule has 0 atom stereocenters. The van der Waals surface area contributed by atoms with Crippen molar-refractivity contribution in [1.29, 1.82) is 0 Å². The molecule has 0 aliphatic carbocycles. The quantitative estimate of drug-likeness (QED) is 0.694. The number of aryl methyl sites for hydroxylation is 2. The number of alkyl halides is 1. The number of hydrogen-bond donors (Lipinski definition) is 0. The van der Waals surface area contributed by atoms with Crippen LogP contribution in [0.3, 0.4) is 0 Å². The maximum absolute atomic E-state index is 6.02. The fourth-order valence-electron chi connectivity index (χ4n) is 2.42. The van der Waals surface area contributed by atoms with Gasteiger partial charge in [-0.1, -0.05) is 23.7 Å². The smallest absolute Gasteiger partial charge is 0.159 e. The fraction of sp³-hybridized carbons (Fsp3) is 0.286. The van der Waals surface area contributed by atoms with Crippen LogP contribution in [0.1, 0.15) is 17.1 Å². The summed E-state index contributed by atoms with van der Waals surface area (Å²) in [4.78, 5) is 4.59. The summed E-state index contributed by atoms with van der Waals surface area (Å²) >= 11 is 11.9. The summed E-state index contributed by atoms with van der Waals surface area (Å²) in [5, 5.41) is 5.15. The van der Waals surface area contributed by atoms with Gasteiger partial charge < -0.3 is 4.57 Å². The van der Waals surface area contributed by atoms with Crippen LogP contribution in [0, 0.1) is 6.92 Å². The third-order valence-corrected chi connectivity index (χ3v) is 3.83. The van der Waals surface area contributed by atoms with Gasteiger partial charge in [-0.05, 0) is 24.6 Å². The van der Waals surface area contributed by atoms with Gasteiger partial charge in [0.2, 0.25) is 0 Å². The van der Waals surface area contributed by atoms with E-state index in [1.165, 1.54) is 0 Å². The zero-order valence-corrected chi connectivity index (χ0v) is 12.8. The van der Waals surface area contributed by atoms with Gasteiger partial charge >= 0.3 is 0 Å². The highest BCUT2D eigenvalue weighted by Crippen LogP contribution is 2.22. The molecule has 3 rings (SSSR count). The van der Waals surface area contributed by atoms with Crippen LogP contribution in [0.25, 0.3) is 11.2 Å². The zero-order chi connectivity index (χ0) is 14.3. The molecule has 0 aliphatic rings. The lowest BCUT2D eigenvalue weighted by molar-refractivity contribution is 0.702. The second-order valence-corrected chi connectivity index (χ2v) is 5.46. The van der Waals surface area contributed by atoms with Crippen molar-refractivity contribution in [3.63, 3.8) is 0 Å². The van der Waals surface area contributed by atoms with Crippen molar-refractivity contribution in [2.24, 2.45) is 7.05 Å². The molecule has 0 fully saturated rings. The first-order valence-electron chi connectivity index (χ1n) is 6.29. The lowest BCUT2D eigenvalue weighted by Gasteiger charge is -2.08. The minimum Gasteiger partial charge on any atom is -0.307 e. The Labute approximate surface area is 126 Å². The summed E-state index contributed by atoms with van der Waals surface area (Å²) in [5.74, 6) is 1.23. The first kappa shape index (κ1) is 13.5. The normalized spacial score (nSPS) is 11.4. The van der Waals surface area contributed by atoms with Crippen molar-refractivity contribution in [3.05, 3.63) is 46.4 Å². The van der Waals surface area contributed by atoms with E-state index in [4.69, 9.17) is 23.2 Å². The van der Waals surface area contributed by atoms with Crippen molar-refractivity contribution in [2.75, 3.05) is 0 Å².